The SMILES string of the molecule is CC(COC1CCOC1)NC(=NCC(=O)N(C)C)NC1CCOc2ccccc21. The first-order valence-electron chi connectivity index (χ1n) is 10.2. The zero-order valence-corrected chi connectivity index (χ0v) is 17.5. The summed E-state index contributed by atoms with van der Waals surface area (Å²) in [7, 11) is 3.46. The van der Waals surface area contributed by atoms with E-state index < -0.39 is 0 Å². The van der Waals surface area contributed by atoms with Crippen LogP contribution in [0.1, 0.15) is 31.4 Å². The first kappa shape index (κ1) is 21.4. The van der Waals surface area contributed by atoms with Crippen molar-refractivity contribution in [2.75, 3.05) is 47.1 Å². The van der Waals surface area contributed by atoms with Crippen molar-refractivity contribution in [1.82, 2.24) is 15.5 Å². The van der Waals surface area contributed by atoms with Crippen LogP contribution in [-0.4, -0.2) is 76.0 Å². The number of hydrogen-bond donors (Lipinski definition) is 2. The number of carbonyl (C=O) groups excluding carboxylic acids is 1. The van der Waals surface area contributed by atoms with Gasteiger partial charge >= 0.3 is 0 Å². The van der Waals surface area contributed by atoms with Crippen molar-refractivity contribution in [3.05, 3.63) is 29.8 Å². The number of benzene rings is 1. The number of para-hydroxylation sites is 1. The van der Waals surface area contributed by atoms with Gasteiger partial charge in [0.25, 0.3) is 0 Å². The van der Waals surface area contributed by atoms with Crippen LogP contribution in [0.4, 0.5) is 0 Å². The minimum atomic E-state index is -0.0505. The summed E-state index contributed by atoms with van der Waals surface area (Å²) in [5.41, 5.74) is 1.10. The third-order valence-corrected chi connectivity index (χ3v) is 4.99. The summed E-state index contributed by atoms with van der Waals surface area (Å²) >= 11 is 0. The van der Waals surface area contributed by atoms with Gasteiger partial charge in [0.15, 0.2) is 5.96 Å². The van der Waals surface area contributed by atoms with Gasteiger partial charge in [-0.3, -0.25) is 4.79 Å². The maximum Gasteiger partial charge on any atom is 0.243 e. The van der Waals surface area contributed by atoms with Crippen LogP contribution in [0.3, 0.4) is 0 Å². The highest BCUT2D eigenvalue weighted by Gasteiger charge is 2.23. The third-order valence-electron chi connectivity index (χ3n) is 4.99. The number of hydrogen-bond acceptors (Lipinski definition) is 5. The zero-order valence-electron chi connectivity index (χ0n) is 17.5. The largest absolute Gasteiger partial charge is 0.493 e. The van der Waals surface area contributed by atoms with Crippen LogP contribution in [0.15, 0.2) is 29.3 Å². The summed E-state index contributed by atoms with van der Waals surface area (Å²) < 4.78 is 17.0. The minimum absolute atomic E-state index is 0.0337. The van der Waals surface area contributed by atoms with Crippen LogP contribution in [0.25, 0.3) is 0 Å². The number of nitrogens with one attached hydrogen (secondary N) is 2. The number of rotatable bonds is 7. The lowest BCUT2D eigenvalue weighted by molar-refractivity contribution is -0.127. The second-order valence-corrected chi connectivity index (χ2v) is 7.69. The van der Waals surface area contributed by atoms with E-state index in [0.29, 0.717) is 25.8 Å². The Kier molecular flexibility index (Phi) is 7.71. The highest BCUT2D eigenvalue weighted by Crippen LogP contribution is 2.31. The molecule has 0 radical (unpaired) electrons. The molecule has 2 aliphatic rings. The topological polar surface area (TPSA) is 84.4 Å². The fraction of sp³-hybridized carbons (Fsp3) is 0.619. The number of amides is 1. The fourth-order valence-corrected chi connectivity index (χ4v) is 3.28. The van der Waals surface area contributed by atoms with Crippen LogP contribution in [-0.2, 0) is 14.3 Å². The van der Waals surface area contributed by atoms with Gasteiger partial charge in [0, 0.05) is 38.7 Å². The van der Waals surface area contributed by atoms with Gasteiger partial charge in [-0.15, -0.1) is 0 Å². The molecule has 0 spiro atoms. The van der Waals surface area contributed by atoms with E-state index >= 15 is 0 Å². The molecule has 1 amide bonds. The lowest BCUT2D eigenvalue weighted by atomic mass is 10.0. The van der Waals surface area contributed by atoms with E-state index in [1.165, 1.54) is 4.90 Å². The molecule has 3 atom stereocenters. The molecule has 2 N–H and O–H groups in total. The average Bonchev–Trinajstić information content (AvgIpc) is 3.24. The Morgan fingerprint density at radius 2 is 2.14 bits per heavy atom. The van der Waals surface area contributed by atoms with E-state index in [-0.39, 0.29) is 30.6 Å². The quantitative estimate of drug-likeness (QED) is 0.527. The monoisotopic (exact) mass is 404 g/mol. The number of ether oxygens (including phenoxy) is 3. The van der Waals surface area contributed by atoms with Gasteiger partial charge in [0.05, 0.1) is 32.0 Å². The maximum absolute atomic E-state index is 12.0. The van der Waals surface area contributed by atoms with Gasteiger partial charge < -0.3 is 29.7 Å². The molecule has 160 valence electrons. The Bertz CT molecular complexity index is 704. The molecule has 2 aliphatic heterocycles. The molecule has 1 aromatic carbocycles. The molecule has 2 heterocycles. The first-order valence-corrected chi connectivity index (χ1v) is 10.2. The second kappa shape index (κ2) is 10.5. The second-order valence-electron chi connectivity index (χ2n) is 7.69. The zero-order chi connectivity index (χ0) is 20.6. The van der Waals surface area contributed by atoms with Gasteiger partial charge in [-0.1, -0.05) is 18.2 Å². The Morgan fingerprint density at radius 3 is 2.90 bits per heavy atom. The highest BCUT2D eigenvalue weighted by molar-refractivity contribution is 5.85. The van der Waals surface area contributed by atoms with E-state index in [9.17, 15) is 4.79 Å². The molecule has 3 rings (SSSR count). The molecule has 1 saturated heterocycles. The minimum Gasteiger partial charge on any atom is -0.493 e. The van der Waals surface area contributed by atoms with Gasteiger partial charge in [-0.25, -0.2) is 4.99 Å². The van der Waals surface area contributed by atoms with Crippen LogP contribution in [0.2, 0.25) is 0 Å². The number of guanidine groups is 1. The molecule has 29 heavy (non-hydrogen) atoms. The van der Waals surface area contributed by atoms with Crippen molar-refractivity contribution in [3.8, 4) is 5.75 Å². The number of carbonyl (C=O) groups is 1. The number of fused-ring (bicyclic) bond motifs is 1. The summed E-state index contributed by atoms with van der Waals surface area (Å²) in [6.07, 6.45) is 1.91. The Balaban J connectivity index is 1.64. The smallest absolute Gasteiger partial charge is 0.243 e. The summed E-state index contributed by atoms with van der Waals surface area (Å²) in [4.78, 5) is 18.1. The maximum atomic E-state index is 12.0. The lowest BCUT2D eigenvalue weighted by Gasteiger charge is -2.29. The van der Waals surface area contributed by atoms with Crippen molar-refractivity contribution in [1.29, 1.82) is 0 Å². The first-order chi connectivity index (χ1) is 14.0. The molecule has 1 aromatic rings. The van der Waals surface area contributed by atoms with Crippen molar-refractivity contribution in [2.24, 2.45) is 4.99 Å². The van der Waals surface area contributed by atoms with Crippen molar-refractivity contribution in [3.63, 3.8) is 0 Å². The molecule has 8 heteroatoms. The van der Waals surface area contributed by atoms with Crippen LogP contribution in [0, 0.1) is 0 Å². The molecule has 0 aromatic heterocycles. The number of aliphatic imine (C=N–C) groups is 1. The predicted octanol–water partition coefficient (Wildman–Crippen LogP) is 1.33. The molecule has 0 bridgehead atoms. The van der Waals surface area contributed by atoms with Gasteiger partial charge in [-0.05, 0) is 19.4 Å². The Hall–Kier alpha value is -2.32. The van der Waals surface area contributed by atoms with Crippen molar-refractivity contribution < 1.29 is 19.0 Å². The fourth-order valence-electron chi connectivity index (χ4n) is 3.28. The molecule has 3 unspecified atom stereocenters. The third kappa shape index (κ3) is 6.33. The van der Waals surface area contributed by atoms with E-state index in [0.717, 1.165) is 30.8 Å². The predicted molar refractivity (Wildman–Crippen MR) is 111 cm³/mol. The van der Waals surface area contributed by atoms with Crippen LogP contribution >= 0.6 is 0 Å². The standard InChI is InChI=1S/C21H32N4O4/c1-15(13-29-16-8-10-27-14-16)23-21(22-12-20(26)25(2)3)24-18-9-11-28-19-7-5-4-6-17(18)19/h4-7,15-16,18H,8-14H2,1-3H3,(H2,22,23,24). The molecular formula is C21H32N4O4. The molecule has 1 fully saturated rings. The molecule has 0 saturated carbocycles. The Labute approximate surface area is 172 Å². The van der Waals surface area contributed by atoms with Crippen molar-refractivity contribution >= 4 is 11.9 Å². The van der Waals surface area contributed by atoms with Crippen LogP contribution in [0.5, 0.6) is 5.75 Å². The lowest BCUT2D eigenvalue weighted by Crippen LogP contribution is -2.47. The average molecular weight is 405 g/mol. The summed E-state index contributed by atoms with van der Waals surface area (Å²) in [6.45, 7) is 4.72. The summed E-state index contributed by atoms with van der Waals surface area (Å²) in [6, 6.07) is 8.10. The normalized spacial score (nSPS) is 22.4. The van der Waals surface area contributed by atoms with E-state index in [4.69, 9.17) is 14.2 Å². The Morgan fingerprint density at radius 1 is 1.31 bits per heavy atom. The summed E-state index contributed by atoms with van der Waals surface area (Å²) in [5, 5.41) is 6.85. The molecule has 0 aliphatic carbocycles. The number of nitrogens with zero attached hydrogens (tertiary/aromatic N) is 2. The highest BCUT2D eigenvalue weighted by atomic mass is 16.5. The van der Waals surface area contributed by atoms with Crippen molar-refractivity contribution in [2.45, 2.75) is 38.0 Å². The van der Waals surface area contributed by atoms with E-state index in [2.05, 4.69) is 21.7 Å². The van der Waals surface area contributed by atoms with Gasteiger partial charge in [0.1, 0.15) is 12.3 Å². The molecular weight excluding hydrogens is 372 g/mol. The van der Waals surface area contributed by atoms with Gasteiger partial charge in [-0.2, -0.15) is 0 Å². The molecule has 8 nitrogen and oxygen atoms in total. The van der Waals surface area contributed by atoms with E-state index in [1.807, 2.05) is 25.1 Å². The summed E-state index contributed by atoms with van der Waals surface area (Å²) in [5.74, 6) is 1.43. The van der Waals surface area contributed by atoms with Crippen LogP contribution < -0.4 is 15.4 Å². The number of likely N-dealkylation sites (N-methyl/N-ethyl adjacent to an activating group) is 1. The van der Waals surface area contributed by atoms with E-state index in [1.54, 1.807) is 14.1 Å². The van der Waals surface area contributed by atoms with Gasteiger partial charge in [0.2, 0.25) is 5.91 Å².